The summed E-state index contributed by atoms with van der Waals surface area (Å²) in [7, 11) is -2.58. The molecule has 29 heavy (non-hydrogen) atoms. The van der Waals surface area contributed by atoms with Gasteiger partial charge in [0.05, 0.1) is 12.2 Å². The maximum atomic E-state index is 12.1. The molecule has 0 bridgehead atoms. The first-order chi connectivity index (χ1) is 14.1. The van der Waals surface area contributed by atoms with E-state index in [0.29, 0.717) is 45.0 Å². The highest BCUT2D eigenvalue weighted by Crippen LogP contribution is 2.20. The van der Waals surface area contributed by atoms with Crippen LogP contribution >= 0.6 is 0 Å². The van der Waals surface area contributed by atoms with Gasteiger partial charge in [0, 0.05) is 37.3 Å². The highest BCUT2D eigenvalue weighted by Gasteiger charge is 2.39. The summed E-state index contributed by atoms with van der Waals surface area (Å²) < 4.78 is 22.9. The first-order valence-corrected chi connectivity index (χ1v) is 12.2. The normalized spacial score (nSPS) is 11.1. The Morgan fingerprint density at radius 1 is 1.00 bits per heavy atom. The summed E-state index contributed by atoms with van der Waals surface area (Å²) >= 11 is 0. The number of ether oxygens (including phenoxy) is 1. The Kier molecular flexibility index (Phi) is 13.0. The van der Waals surface area contributed by atoms with Crippen LogP contribution in [0, 0.1) is 0 Å². The fourth-order valence-corrected chi connectivity index (χ4v) is 5.59. The van der Waals surface area contributed by atoms with Crippen molar-refractivity contribution in [3.8, 4) is 0 Å². The Morgan fingerprint density at radius 2 is 1.62 bits per heavy atom. The van der Waals surface area contributed by atoms with Gasteiger partial charge in [-0.05, 0) is 63.3 Å². The molecule has 0 unspecified atom stereocenters. The van der Waals surface area contributed by atoms with Crippen LogP contribution in [0.1, 0.15) is 56.0 Å². The molecule has 0 heterocycles. The highest BCUT2D eigenvalue weighted by molar-refractivity contribution is 6.60. The van der Waals surface area contributed by atoms with Gasteiger partial charge in [-0.1, -0.05) is 23.7 Å². The van der Waals surface area contributed by atoms with E-state index >= 15 is 0 Å². The van der Waals surface area contributed by atoms with Gasteiger partial charge in [0.2, 0.25) is 0 Å². The van der Waals surface area contributed by atoms with E-state index in [-0.39, 0.29) is 5.97 Å². The number of rotatable bonds is 16. The molecule has 0 N–H and O–H groups in total. The minimum Gasteiger partial charge on any atom is -0.462 e. The van der Waals surface area contributed by atoms with Crippen LogP contribution in [0.3, 0.4) is 0 Å². The molecule has 0 spiro atoms. The van der Waals surface area contributed by atoms with Crippen LogP contribution in [0.4, 0.5) is 0 Å². The maximum absolute atomic E-state index is 12.1. The fourth-order valence-electron chi connectivity index (χ4n) is 2.90. The van der Waals surface area contributed by atoms with Crippen LogP contribution in [0.25, 0.3) is 10.4 Å². The second-order valence-corrected chi connectivity index (χ2v) is 9.06. The summed E-state index contributed by atoms with van der Waals surface area (Å²) in [5, 5.41) is 3.50. The first kappa shape index (κ1) is 25.1. The Hall–Kier alpha value is -1.90. The molecule has 0 aliphatic rings. The Balaban J connectivity index is 2.32. The lowest BCUT2D eigenvalue weighted by molar-refractivity contribution is 0.0493. The summed E-state index contributed by atoms with van der Waals surface area (Å²) in [5.41, 5.74) is 9.82. The number of carbonyl (C=O) groups excluding carboxylic acids is 1. The fraction of sp³-hybridized carbons (Fsp3) is 0.650. The van der Waals surface area contributed by atoms with E-state index in [0.717, 1.165) is 30.9 Å². The summed E-state index contributed by atoms with van der Waals surface area (Å²) in [5.74, 6) is -0.326. The van der Waals surface area contributed by atoms with Gasteiger partial charge in [-0.2, -0.15) is 0 Å². The average Bonchev–Trinajstić information content (AvgIpc) is 2.72. The van der Waals surface area contributed by atoms with Crippen molar-refractivity contribution in [1.29, 1.82) is 0 Å². The van der Waals surface area contributed by atoms with Gasteiger partial charge in [0.15, 0.2) is 0 Å². The number of carbonyl (C=O) groups is 1. The monoisotopic (exact) mass is 423 g/mol. The molecule has 0 fully saturated rings. The van der Waals surface area contributed by atoms with Crippen LogP contribution in [-0.2, 0) is 24.4 Å². The van der Waals surface area contributed by atoms with Gasteiger partial charge < -0.3 is 18.0 Å². The lowest BCUT2D eigenvalue weighted by Gasteiger charge is -2.28. The molecule has 0 aliphatic heterocycles. The van der Waals surface area contributed by atoms with Gasteiger partial charge in [0.1, 0.15) is 0 Å². The Morgan fingerprint density at radius 3 is 2.17 bits per heavy atom. The molecule has 8 nitrogen and oxygen atoms in total. The van der Waals surface area contributed by atoms with Crippen LogP contribution in [0.5, 0.6) is 0 Å². The highest BCUT2D eigenvalue weighted by atomic mass is 28.4. The first-order valence-electron chi connectivity index (χ1n) is 10.3. The van der Waals surface area contributed by atoms with E-state index in [9.17, 15) is 4.79 Å². The molecule has 0 radical (unpaired) electrons. The van der Waals surface area contributed by atoms with Crippen molar-refractivity contribution in [3.05, 3.63) is 45.8 Å². The molecule has 9 heteroatoms. The number of esters is 1. The van der Waals surface area contributed by atoms with Gasteiger partial charge in [0.25, 0.3) is 0 Å². The predicted octanol–water partition coefficient (Wildman–Crippen LogP) is 4.91. The van der Waals surface area contributed by atoms with Crippen molar-refractivity contribution >= 4 is 14.8 Å². The SMILES string of the molecule is CCO[Si](CCCCCOC(=O)c1ccc(CCN=[N+]=[N-])cc1)(OCC)OCC. The van der Waals surface area contributed by atoms with Crippen molar-refractivity contribution in [2.45, 2.75) is 52.5 Å². The minimum absolute atomic E-state index is 0.326. The second kappa shape index (κ2) is 15.0. The number of hydrogen-bond acceptors (Lipinski definition) is 6. The molecule has 0 aromatic heterocycles. The summed E-state index contributed by atoms with van der Waals surface area (Å²) in [6.45, 7) is 8.37. The average molecular weight is 424 g/mol. The van der Waals surface area contributed by atoms with E-state index in [1.165, 1.54) is 0 Å². The van der Waals surface area contributed by atoms with Crippen LogP contribution < -0.4 is 0 Å². The third-order valence-corrected chi connectivity index (χ3v) is 7.36. The third kappa shape index (κ3) is 9.91. The molecular weight excluding hydrogens is 390 g/mol. The summed E-state index contributed by atoms with van der Waals surface area (Å²) in [6, 6.07) is 7.94. The van der Waals surface area contributed by atoms with E-state index in [1.54, 1.807) is 12.1 Å². The van der Waals surface area contributed by atoms with Crippen molar-refractivity contribution in [3.63, 3.8) is 0 Å². The molecular formula is C20H33N3O5Si. The molecule has 1 aromatic carbocycles. The quantitative estimate of drug-likeness (QED) is 0.0938. The molecule has 0 saturated heterocycles. The Labute approximate surface area is 174 Å². The van der Waals surface area contributed by atoms with Crippen LogP contribution in [-0.4, -0.2) is 47.7 Å². The number of benzene rings is 1. The molecule has 1 aromatic rings. The predicted molar refractivity (Wildman–Crippen MR) is 114 cm³/mol. The van der Waals surface area contributed by atoms with Gasteiger partial charge in [-0.25, -0.2) is 4.79 Å². The summed E-state index contributed by atoms with van der Waals surface area (Å²) in [4.78, 5) is 14.8. The minimum atomic E-state index is -2.58. The van der Waals surface area contributed by atoms with Gasteiger partial charge in [-0.15, -0.1) is 0 Å². The van der Waals surface area contributed by atoms with Gasteiger partial charge in [-0.3, -0.25) is 0 Å². The standard InChI is InChI=1S/C20H33N3O5Si/c1-4-26-29(27-5-2,28-6-3)17-9-7-8-16-25-20(24)19-12-10-18(11-13-19)14-15-22-23-21/h10-13H,4-9,14-17H2,1-3H3. The van der Waals surface area contributed by atoms with Crippen molar-refractivity contribution in [1.82, 2.24) is 0 Å². The summed E-state index contributed by atoms with van der Waals surface area (Å²) in [6.07, 6.45) is 3.25. The zero-order valence-electron chi connectivity index (χ0n) is 17.8. The molecule has 0 aliphatic carbocycles. The van der Waals surface area contributed by atoms with Crippen molar-refractivity contribution < 1.29 is 22.8 Å². The lowest BCUT2D eigenvalue weighted by Crippen LogP contribution is -2.45. The zero-order valence-corrected chi connectivity index (χ0v) is 18.8. The second-order valence-electron chi connectivity index (χ2n) is 6.33. The number of hydrogen-bond donors (Lipinski definition) is 0. The van der Waals surface area contributed by atoms with E-state index in [2.05, 4.69) is 10.0 Å². The van der Waals surface area contributed by atoms with E-state index in [4.69, 9.17) is 23.5 Å². The van der Waals surface area contributed by atoms with E-state index in [1.807, 2.05) is 32.9 Å². The van der Waals surface area contributed by atoms with Crippen LogP contribution in [0.2, 0.25) is 6.04 Å². The lowest BCUT2D eigenvalue weighted by atomic mass is 10.1. The van der Waals surface area contributed by atoms with Gasteiger partial charge >= 0.3 is 14.8 Å². The molecule has 0 saturated carbocycles. The van der Waals surface area contributed by atoms with Crippen molar-refractivity contribution in [2.75, 3.05) is 33.0 Å². The third-order valence-electron chi connectivity index (χ3n) is 4.21. The topological polar surface area (TPSA) is 103 Å². The number of azide groups is 1. The maximum Gasteiger partial charge on any atom is 0.500 e. The van der Waals surface area contributed by atoms with Crippen LogP contribution in [0.15, 0.2) is 29.4 Å². The molecule has 0 atom stereocenters. The number of nitrogens with zero attached hydrogens (tertiary/aromatic N) is 3. The number of unbranched alkanes of at least 4 members (excludes halogenated alkanes) is 2. The zero-order chi connectivity index (χ0) is 21.4. The largest absolute Gasteiger partial charge is 0.500 e. The smallest absolute Gasteiger partial charge is 0.462 e. The molecule has 162 valence electrons. The van der Waals surface area contributed by atoms with E-state index < -0.39 is 8.80 Å². The molecule has 1 rings (SSSR count). The Bertz CT molecular complexity index is 618. The van der Waals surface area contributed by atoms with Crippen molar-refractivity contribution in [2.24, 2.45) is 5.11 Å². The molecule has 0 amide bonds.